The van der Waals surface area contributed by atoms with Crippen LogP contribution in [0.15, 0.2) is 84.0 Å². The summed E-state index contributed by atoms with van der Waals surface area (Å²) in [5.74, 6) is -0.302. The van der Waals surface area contributed by atoms with Crippen LogP contribution in [0.25, 0.3) is 10.8 Å². The van der Waals surface area contributed by atoms with E-state index in [9.17, 15) is 19.7 Å². The number of nitrogens with zero attached hydrogens (tertiary/aromatic N) is 2. The van der Waals surface area contributed by atoms with Gasteiger partial charge in [0.2, 0.25) is 0 Å². The first-order chi connectivity index (χ1) is 18.9. The number of carbonyl (C=O) groups excluding carboxylic acids is 2. The molecule has 0 saturated carbocycles. The second-order valence-corrected chi connectivity index (χ2v) is 8.12. The van der Waals surface area contributed by atoms with Crippen molar-refractivity contribution in [2.75, 3.05) is 13.2 Å². The zero-order chi connectivity index (χ0) is 27.8. The van der Waals surface area contributed by atoms with Crippen LogP contribution in [-0.4, -0.2) is 36.2 Å². The summed E-state index contributed by atoms with van der Waals surface area (Å²) in [6.07, 6.45) is 1.18. The fourth-order valence-corrected chi connectivity index (χ4v) is 3.82. The number of amides is 1. The first-order valence-electron chi connectivity index (χ1n) is 12.1. The molecule has 10 heteroatoms. The minimum Gasteiger partial charge on any atom is -0.490 e. The minimum absolute atomic E-state index is 0.0144. The van der Waals surface area contributed by atoms with Crippen LogP contribution in [0.3, 0.4) is 0 Å². The number of ether oxygens (including phenoxy) is 3. The maximum atomic E-state index is 12.9. The molecule has 0 aliphatic carbocycles. The first-order valence-corrected chi connectivity index (χ1v) is 12.1. The van der Waals surface area contributed by atoms with Gasteiger partial charge < -0.3 is 14.2 Å². The van der Waals surface area contributed by atoms with Crippen LogP contribution in [0.5, 0.6) is 17.2 Å². The van der Waals surface area contributed by atoms with Gasteiger partial charge in [-0.15, -0.1) is 0 Å². The highest BCUT2D eigenvalue weighted by atomic mass is 16.6. The zero-order valence-corrected chi connectivity index (χ0v) is 21.2. The number of carbonyl (C=O) groups is 2. The van der Waals surface area contributed by atoms with Gasteiger partial charge in [-0.1, -0.05) is 36.4 Å². The molecule has 0 atom stereocenters. The molecule has 10 nitrogen and oxygen atoms in total. The van der Waals surface area contributed by atoms with Crippen molar-refractivity contribution in [3.8, 4) is 17.2 Å². The smallest absolute Gasteiger partial charge is 0.343 e. The van der Waals surface area contributed by atoms with E-state index in [-0.39, 0.29) is 22.6 Å². The Hall–Kier alpha value is -5.25. The number of esters is 1. The van der Waals surface area contributed by atoms with Gasteiger partial charge in [-0.2, -0.15) is 5.10 Å². The quantitative estimate of drug-likeness (QED) is 0.0944. The normalized spacial score (nSPS) is 10.8. The van der Waals surface area contributed by atoms with Gasteiger partial charge in [-0.05, 0) is 55.0 Å². The van der Waals surface area contributed by atoms with Gasteiger partial charge in [0.05, 0.1) is 29.9 Å². The molecule has 1 N–H and O–H groups in total. The van der Waals surface area contributed by atoms with Crippen molar-refractivity contribution in [1.82, 2.24) is 5.43 Å². The average molecular weight is 528 g/mol. The molecule has 0 heterocycles. The maximum absolute atomic E-state index is 12.9. The molecule has 4 rings (SSSR count). The van der Waals surface area contributed by atoms with Crippen molar-refractivity contribution >= 4 is 34.6 Å². The van der Waals surface area contributed by atoms with Crippen LogP contribution in [-0.2, 0) is 0 Å². The van der Waals surface area contributed by atoms with Gasteiger partial charge in [0, 0.05) is 23.3 Å². The topological polar surface area (TPSA) is 129 Å². The Bertz CT molecular complexity index is 1560. The van der Waals surface area contributed by atoms with Gasteiger partial charge in [0.1, 0.15) is 5.75 Å². The van der Waals surface area contributed by atoms with E-state index in [4.69, 9.17) is 14.2 Å². The number of nitrogens with one attached hydrogen (secondary N) is 1. The number of nitro benzene ring substituents is 1. The fourth-order valence-electron chi connectivity index (χ4n) is 3.82. The Balaban J connectivity index is 1.57. The molecule has 0 radical (unpaired) electrons. The number of rotatable bonds is 10. The molecule has 4 aromatic carbocycles. The number of hydrogen-bond acceptors (Lipinski definition) is 8. The van der Waals surface area contributed by atoms with E-state index in [2.05, 4.69) is 10.5 Å². The molecule has 0 unspecified atom stereocenters. The van der Waals surface area contributed by atoms with Crippen molar-refractivity contribution in [3.05, 3.63) is 106 Å². The van der Waals surface area contributed by atoms with Gasteiger partial charge in [-0.25, -0.2) is 10.2 Å². The molecular weight excluding hydrogens is 502 g/mol. The Morgan fingerprint density at radius 2 is 1.62 bits per heavy atom. The minimum atomic E-state index is -0.720. The lowest BCUT2D eigenvalue weighted by atomic mass is 10.0. The van der Waals surface area contributed by atoms with E-state index in [1.165, 1.54) is 36.5 Å². The monoisotopic (exact) mass is 527 g/mol. The summed E-state index contributed by atoms with van der Waals surface area (Å²) >= 11 is 0. The lowest BCUT2D eigenvalue weighted by molar-refractivity contribution is -0.384. The van der Waals surface area contributed by atoms with Crippen LogP contribution in [0.4, 0.5) is 5.69 Å². The number of benzene rings is 4. The van der Waals surface area contributed by atoms with E-state index < -0.39 is 16.8 Å². The number of nitro groups is 1. The van der Waals surface area contributed by atoms with Crippen LogP contribution in [0, 0.1) is 10.1 Å². The molecule has 0 fully saturated rings. The van der Waals surface area contributed by atoms with Gasteiger partial charge in [0.25, 0.3) is 11.6 Å². The maximum Gasteiger partial charge on any atom is 0.343 e. The van der Waals surface area contributed by atoms with Crippen LogP contribution < -0.4 is 19.6 Å². The molecule has 0 bridgehead atoms. The third-order valence-electron chi connectivity index (χ3n) is 5.59. The fraction of sp³-hybridized carbons (Fsp3) is 0.138. The second-order valence-electron chi connectivity index (χ2n) is 8.12. The summed E-state index contributed by atoms with van der Waals surface area (Å²) in [5, 5.41) is 16.9. The molecule has 0 aliphatic rings. The molecule has 4 aromatic rings. The number of fused-ring (bicyclic) bond motifs is 1. The summed E-state index contributed by atoms with van der Waals surface area (Å²) in [7, 11) is 0. The standard InChI is InChI=1S/C29H25N3O7/c1-3-37-26-14-12-20(17-27(26)38-4-2)29(34)39-25-15-13-22(32(35)36)16-21(25)18-30-31-28(33)24-11-7-9-19-8-5-6-10-23(19)24/h5-18H,3-4H2,1-2H3,(H,31,33)/b30-18+. The average Bonchev–Trinajstić information content (AvgIpc) is 2.94. The number of hydrogen-bond donors (Lipinski definition) is 1. The van der Waals surface area contributed by atoms with Crippen LogP contribution in [0.2, 0.25) is 0 Å². The van der Waals surface area contributed by atoms with Gasteiger partial charge in [0.15, 0.2) is 11.5 Å². The number of hydrazone groups is 1. The van der Waals surface area contributed by atoms with Crippen molar-refractivity contribution < 1.29 is 28.7 Å². The zero-order valence-electron chi connectivity index (χ0n) is 21.2. The molecule has 198 valence electrons. The summed E-state index contributed by atoms with van der Waals surface area (Å²) in [6.45, 7) is 4.43. The van der Waals surface area contributed by atoms with Crippen molar-refractivity contribution in [3.63, 3.8) is 0 Å². The lowest BCUT2D eigenvalue weighted by Gasteiger charge is -2.12. The molecule has 39 heavy (non-hydrogen) atoms. The Kier molecular flexibility index (Phi) is 8.47. The third kappa shape index (κ3) is 6.37. The molecule has 1 amide bonds. The van der Waals surface area contributed by atoms with E-state index in [0.717, 1.165) is 10.8 Å². The third-order valence-corrected chi connectivity index (χ3v) is 5.59. The number of non-ortho nitro benzene ring substituents is 1. The van der Waals surface area contributed by atoms with E-state index in [1.54, 1.807) is 18.2 Å². The highest BCUT2D eigenvalue weighted by Gasteiger charge is 2.17. The van der Waals surface area contributed by atoms with Gasteiger partial charge in [-0.3, -0.25) is 14.9 Å². The van der Waals surface area contributed by atoms with Gasteiger partial charge >= 0.3 is 5.97 Å². The Morgan fingerprint density at radius 3 is 2.38 bits per heavy atom. The van der Waals surface area contributed by atoms with Crippen LogP contribution >= 0.6 is 0 Å². The first kappa shape index (κ1) is 26.8. The predicted octanol–water partition coefficient (Wildman–Crippen LogP) is 5.53. The van der Waals surface area contributed by atoms with Crippen molar-refractivity contribution in [2.45, 2.75) is 13.8 Å². The predicted molar refractivity (Wildman–Crippen MR) is 146 cm³/mol. The molecule has 0 aliphatic heterocycles. The largest absolute Gasteiger partial charge is 0.490 e. The van der Waals surface area contributed by atoms with E-state index in [0.29, 0.717) is 30.3 Å². The van der Waals surface area contributed by atoms with Crippen molar-refractivity contribution in [1.29, 1.82) is 0 Å². The molecular formula is C29H25N3O7. The van der Waals surface area contributed by atoms with E-state index >= 15 is 0 Å². The highest BCUT2D eigenvalue weighted by Crippen LogP contribution is 2.30. The molecule has 0 saturated heterocycles. The second kappa shape index (κ2) is 12.3. The lowest BCUT2D eigenvalue weighted by Crippen LogP contribution is -2.18. The SMILES string of the molecule is CCOc1ccc(C(=O)Oc2ccc([N+](=O)[O-])cc2/C=N/NC(=O)c2cccc3ccccc23)cc1OCC. The molecule has 0 spiro atoms. The van der Waals surface area contributed by atoms with E-state index in [1.807, 2.05) is 44.2 Å². The summed E-state index contributed by atoms with van der Waals surface area (Å²) in [4.78, 5) is 36.5. The highest BCUT2D eigenvalue weighted by molar-refractivity contribution is 6.07. The Labute approximate surface area is 224 Å². The summed E-state index contributed by atoms with van der Waals surface area (Å²) < 4.78 is 16.6. The molecule has 0 aromatic heterocycles. The summed E-state index contributed by atoms with van der Waals surface area (Å²) in [6, 6.07) is 21.1. The van der Waals surface area contributed by atoms with Crippen LogP contribution in [0.1, 0.15) is 40.1 Å². The van der Waals surface area contributed by atoms with Crippen molar-refractivity contribution in [2.24, 2.45) is 5.10 Å². The Morgan fingerprint density at radius 1 is 0.897 bits per heavy atom. The summed E-state index contributed by atoms with van der Waals surface area (Å²) in [5.41, 5.74) is 2.91.